The molecule has 0 radical (unpaired) electrons. The molecule has 1 unspecified atom stereocenters. The minimum Gasteiger partial charge on any atom is -0.295 e. The Labute approximate surface area is 126 Å². The number of benzene rings is 1. The molecule has 0 spiro atoms. The number of hydrogen-bond acceptors (Lipinski definition) is 3. The van der Waals surface area contributed by atoms with E-state index in [0.717, 1.165) is 17.8 Å². The molecule has 0 amide bonds. The SMILES string of the molecule is CC(Cc1ccsc1)n1c(Cl)nnc1-c1ccccc1. The van der Waals surface area contributed by atoms with Gasteiger partial charge in [-0.1, -0.05) is 30.3 Å². The Hall–Kier alpha value is -1.65. The molecule has 102 valence electrons. The zero-order chi connectivity index (χ0) is 13.9. The number of aromatic nitrogens is 3. The van der Waals surface area contributed by atoms with Crippen molar-refractivity contribution < 1.29 is 0 Å². The van der Waals surface area contributed by atoms with Crippen LogP contribution in [-0.2, 0) is 6.42 Å². The molecule has 3 nitrogen and oxygen atoms in total. The normalized spacial score (nSPS) is 12.5. The van der Waals surface area contributed by atoms with Crippen LogP contribution < -0.4 is 0 Å². The van der Waals surface area contributed by atoms with Gasteiger partial charge in [0.05, 0.1) is 0 Å². The summed E-state index contributed by atoms with van der Waals surface area (Å²) < 4.78 is 1.99. The van der Waals surface area contributed by atoms with Gasteiger partial charge in [-0.25, -0.2) is 0 Å². The van der Waals surface area contributed by atoms with Gasteiger partial charge in [-0.3, -0.25) is 4.57 Å². The van der Waals surface area contributed by atoms with Gasteiger partial charge in [0.15, 0.2) is 5.82 Å². The second-order valence-corrected chi connectivity index (χ2v) is 5.83. The third-order valence-corrected chi connectivity index (χ3v) is 4.23. The highest BCUT2D eigenvalue weighted by Gasteiger charge is 2.17. The molecule has 3 rings (SSSR count). The van der Waals surface area contributed by atoms with Gasteiger partial charge < -0.3 is 0 Å². The van der Waals surface area contributed by atoms with E-state index >= 15 is 0 Å². The first-order chi connectivity index (χ1) is 9.75. The highest BCUT2D eigenvalue weighted by Crippen LogP contribution is 2.27. The molecule has 0 saturated heterocycles. The molecule has 2 heterocycles. The summed E-state index contributed by atoms with van der Waals surface area (Å²) in [6.07, 6.45) is 0.918. The Morgan fingerprint density at radius 2 is 2.00 bits per heavy atom. The standard InChI is InChI=1S/C15H14ClN3S/c1-11(9-12-7-8-20-10-12)19-14(17-18-15(19)16)13-5-3-2-4-6-13/h2-8,10-11H,9H2,1H3. The molecule has 0 aliphatic carbocycles. The second-order valence-electron chi connectivity index (χ2n) is 4.71. The predicted molar refractivity (Wildman–Crippen MR) is 83.2 cm³/mol. The van der Waals surface area contributed by atoms with Crippen LogP contribution in [0.3, 0.4) is 0 Å². The fraction of sp³-hybridized carbons (Fsp3) is 0.200. The number of rotatable bonds is 4. The summed E-state index contributed by atoms with van der Waals surface area (Å²) in [5, 5.41) is 12.9. The Kier molecular flexibility index (Phi) is 3.85. The Morgan fingerprint density at radius 1 is 1.20 bits per heavy atom. The van der Waals surface area contributed by atoms with Crippen LogP contribution in [0.2, 0.25) is 5.28 Å². The largest absolute Gasteiger partial charge is 0.295 e. The molecular weight excluding hydrogens is 290 g/mol. The summed E-state index contributed by atoms with van der Waals surface area (Å²) >= 11 is 7.93. The van der Waals surface area contributed by atoms with Crippen molar-refractivity contribution >= 4 is 22.9 Å². The highest BCUT2D eigenvalue weighted by molar-refractivity contribution is 7.07. The average molecular weight is 304 g/mol. The van der Waals surface area contributed by atoms with Crippen molar-refractivity contribution in [2.24, 2.45) is 0 Å². The molecule has 3 aromatic rings. The van der Waals surface area contributed by atoms with Crippen molar-refractivity contribution in [1.82, 2.24) is 14.8 Å². The second kappa shape index (κ2) is 5.77. The van der Waals surface area contributed by atoms with Crippen LogP contribution in [0.5, 0.6) is 0 Å². The molecule has 0 aliphatic rings. The van der Waals surface area contributed by atoms with Crippen LogP contribution in [0, 0.1) is 0 Å². The van der Waals surface area contributed by atoms with Gasteiger partial charge in [-0.15, -0.1) is 10.2 Å². The third-order valence-electron chi connectivity index (χ3n) is 3.24. The topological polar surface area (TPSA) is 30.7 Å². The first-order valence-electron chi connectivity index (χ1n) is 6.42. The van der Waals surface area contributed by atoms with E-state index in [2.05, 4.69) is 33.9 Å². The molecule has 0 saturated carbocycles. The van der Waals surface area contributed by atoms with E-state index in [1.165, 1.54) is 5.56 Å². The van der Waals surface area contributed by atoms with Crippen LogP contribution >= 0.6 is 22.9 Å². The smallest absolute Gasteiger partial charge is 0.225 e. The lowest BCUT2D eigenvalue weighted by Crippen LogP contribution is -2.10. The lowest BCUT2D eigenvalue weighted by Gasteiger charge is -2.16. The fourth-order valence-corrected chi connectivity index (χ4v) is 3.25. The Bertz CT molecular complexity index is 676. The lowest BCUT2D eigenvalue weighted by molar-refractivity contribution is 0.549. The van der Waals surface area contributed by atoms with E-state index in [9.17, 15) is 0 Å². The molecule has 1 aromatic carbocycles. The first kappa shape index (κ1) is 13.3. The summed E-state index contributed by atoms with van der Waals surface area (Å²) in [5.74, 6) is 0.818. The maximum absolute atomic E-state index is 6.22. The summed E-state index contributed by atoms with van der Waals surface area (Å²) in [6.45, 7) is 2.14. The van der Waals surface area contributed by atoms with E-state index < -0.39 is 0 Å². The maximum Gasteiger partial charge on any atom is 0.225 e. The Morgan fingerprint density at radius 3 is 2.70 bits per heavy atom. The zero-order valence-corrected chi connectivity index (χ0v) is 12.6. The van der Waals surface area contributed by atoms with Crippen molar-refractivity contribution in [3.8, 4) is 11.4 Å². The molecule has 20 heavy (non-hydrogen) atoms. The molecule has 5 heteroatoms. The molecule has 0 bridgehead atoms. The van der Waals surface area contributed by atoms with Gasteiger partial charge in [-0.05, 0) is 47.3 Å². The number of thiophene rings is 1. The molecule has 0 aliphatic heterocycles. The number of nitrogens with zero attached hydrogens (tertiary/aromatic N) is 3. The van der Waals surface area contributed by atoms with Gasteiger partial charge in [-0.2, -0.15) is 11.3 Å². The molecule has 2 aromatic heterocycles. The van der Waals surface area contributed by atoms with E-state index in [1.54, 1.807) is 11.3 Å². The third kappa shape index (κ3) is 2.62. The molecule has 1 atom stereocenters. The highest BCUT2D eigenvalue weighted by atomic mass is 35.5. The van der Waals surface area contributed by atoms with Gasteiger partial charge >= 0.3 is 0 Å². The van der Waals surface area contributed by atoms with Gasteiger partial charge in [0.25, 0.3) is 0 Å². The number of halogens is 1. The van der Waals surface area contributed by atoms with Crippen molar-refractivity contribution in [1.29, 1.82) is 0 Å². The monoisotopic (exact) mass is 303 g/mol. The molecule has 0 N–H and O–H groups in total. The van der Waals surface area contributed by atoms with E-state index in [0.29, 0.717) is 5.28 Å². The summed E-state index contributed by atoms with van der Waals surface area (Å²) in [6, 6.07) is 12.4. The fourth-order valence-electron chi connectivity index (χ4n) is 2.29. The van der Waals surface area contributed by atoms with Crippen LogP contribution in [0.4, 0.5) is 0 Å². The van der Waals surface area contributed by atoms with Gasteiger partial charge in [0.2, 0.25) is 5.28 Å². The predicted octanol–water partition coefficient (Wildman–Crippen LogP) is 4.46. The Balaban J connectivity index is 1.95. The lowest BCUT2D eigenvalue weighted by atomic mass is 10.1. The van der Waals surface area contributed by atoms with Crippen molar-refractivity contribution in [2.45, 2.75) is 19.4 Å². The van der Waals surface area contributed by atoms with Crippen molar-refractivity contribution in [3.05, 3.63) is 58.0 Å². The molecule has 0 fully saturated rings. The van der Waals surface area contributed by atoms with Crippen molar-refractivity contribution in [2.75, 3.05) is 0 Å². The van der Waals surface area contributed by atoms with E-state index in [1.807, 2.05) is 34.9 Å². The maximum atomic E-state index is 6.22. The summed E-state index contributed by atoms with van der Waals surface area (Å²) in [4.78, 5) is 0. The summed E-state index contributed by atoms with van der Waals surface area (Å²) in [7, 11) is 0. The summed E-state index contributed by atoms with van der Waals surface area (Å²) in [5.41, 5.74) is 2.34. The van der Waals surface area contributed by atoms with Gasteiger partial charge in [0.1, 0.15) is 0 Å². The average Bonchev–Trinajstić information content (AvgIpc) is 3.09. The minimum absolute atomic E-state index is 0.210. The van der Waals surface area contributed by atoms with E-state index in [4.69, 9.17) is 11.6 Å². The molecular formula is C15H14ClN3S. The van der Waals surface area contributed by atoms with Crippen LogP contribution in [0.25, 0.3) is 11.4 Å². The van der Waals surface area contributed by atoms with Crippen LogP contribution in [-0.4, -0.2) is 14.8 Å². The quantitative estimate of drug-likeness (QED) is 0.712. The van der Waals surface area contributed by atoms with Crippen LogP contribution in [0.15, 0.2) is 47.2 Å². The zero-order valence-electron chi connectivity index (χ0n) is 11.0. The van der Waals surface area contributed by atoms with Crippen molar-refractivity contribution in [3.63, 3.8) is 0 Å². The van der Waals surface area contributed by atoms with E-state index in [-0.39, 0.29) is 6.04 Å². The minimum atomic E-state index is 0.210. The number of hydrogen-bond donors (Lipinski definition) is 0. The van der Waals surface area contributed by atoms with Gasteiger partial charge in [0, 0.05) is 11.6 Å². The van der Waals surface area contributed by atoms with Crippen LogP contribution in [0.1, 0.15) is 18.5 Å². The first-order valence-corrected chi connectivity index (χ1v) is 7.74.